The zero-order valence-electron chi connectivity index (χ0n) is 16.8. The Morgan fingerprint density at radius 3 is 2.93 bits per heavy atom. The molecule has 2 aliphatic heterocycles. The molecule has 1 aromatic rings. The summed E-state index contributed by atoms with van der Waals surface area (Å²) in [5.74, 6) is -0.538. The molecule has 30 heavy (non-hydrogen) atoms. The zero-order chi connectivity index (χ0) is 21.7. The number of halogens is 1. The minimum Gasteiger partial charge on any atom is -0.385 e. The number of urea groups is 1. The first-order valence-electron chi connectivity index (χ1n) is 9.68. The topological polar surface area (TPSA) is 91.0 Å². The van der Waals surface area contributed by atoms with Gasteiger partial charge in [-0.3, -0.25) is 14.5 Å². The number of hydrogen-bond acceptors (Lipinski definition) is 4. The summed E-state index contributed by atoms with van der Waals surface area (Å²) in [6, 6.07) is 6.07. The molecule has 2 heterocycles. The first-order valence-corrected chi connectivity index (χ1v) is 10.1. The van der Waals surface area contributed by atoms with Gasteiger partial charge in [0.2, 0.25) is 5.91 Å². The second kappa shape index (κ2) is 9.77. The van der Waals surface area contributed by atoms with E-state index in [9.17, 15) is 14.4 Å². The Bertz CT molecular complexity index is 886. The third kappa shape index (κ3) is 4.66. The monoisotopic (exact) mass is 432 g/mol. The lowest BCUT2D eigenvalue weighted by Crippen LogP contribution is -2.47. The van der Waals surface area contributed by atoms with Crippen LogP contribution >= 0.6 is 11.6 Å². The van der Waals surface area contributed by atoms with Crippen LogP contribution in [0.25, 0.3) is 0 Å². The molecule has 2 N–H and O–H groups in total. The molecule has 0 aliphatic carbocycles. The van der Waals surface area contributed by atoms with E-state index >= 15 is 0 Å². The van der Waals surface area contributed by atoms with Crippen LogP contribution in [0.1, 0.15) is 18.0 Å². The number of nitrogens with one attached hydrogen (secondary N) is 2. The van der Waals surface area contributed by atoms with Gasteiger partial charge in [-0.05, 0) is 24.1 Å². The van der Waals surface area contributed by atoms with E-state index in [0.29, 0.717) is 41.4 Å². The summed E-state index contributed by atoms with van der Waals surface area (Å²) in [5, 5.41) is 6.17. The van der Waals surface area contributed by atoms with Crippen LogP contribution in [0.3, 0.4) is 0 Å². The predicted molar refractivity (Wildman–Crippen MR) is 113 cm³/mol. The number of carbonyl (C=O) groups is 3. The first kappa shape index (κ1) is 21.9. The van der Waals surface area contributed by atoms with Crippen LogP contribution in [0.15, 0.2) is 48.2 Å². The van der Waals surface area contributed by atoms with E-state index in [1.165, 1.54) is 9.80 Å². The third-order valence-electron chi connectivity index (χ3n) is 4.97. The van der Waals surface area contributed by atoms with Crippen LogP contribution in [-0.2, 0) is 14.3 Å². The van der Waals surface area contributed by atoms with Gasteiger partial charge in [-0.25, -0.2) is 4.79 Å². The van der Waals surface area contributed by atoms with Gasteiger partial charge < -0.3 is 20.3 Å². The van der Waals surface area contributed by atoms with Crippen molar-refractivity contribution < 1.29 is 19.1 Å². The van der Waals surface area contributed by atoms with E-state index in [0.717, 1.165) is 0 Å². The Morgan fingerprint density at radius 2 is 2.23 bits per heavy atom. The highest BCUT2D eigenvalue weighted by Crippen LogP contribution is 2.36. The third-order valence-corrected chi connectivity index (χ3v) is 5.21. The standard InChI is InChI=1S/C21H25ClN4O4/c1-3-9-26-16-12-25(13-17(27)23-8-5-10-30-2)20(28)18(16)19(24-21(26)29)14-6-4-7-15(22)11-14/h3-4,6-7,11,19H,1,5,8-10,12-13H2,2H3,(H,23,27)(H,24,29). The second-order valence-corrected chi connectivity index (χ2v) is 7.49. The number of ether oxygens (including phenoxy) is 1. The molecule has 1 unspecified atom stereocenters. The lowest BCUT2D eigenvalue weighted by Gasteiger charge is -2.33. The average Bonchev–Trinajstić information content (AvgIpc) is 3.03. The van der Waals surface area contributed by atoms with Crippen LogP contribution in [-0.4, -0.2) is 67.5 Å². The fourth-order valence-corrected chi connectivity index (χ4v) is 3.81. The van der Waals surface area contributed by atoms with E-state index in [4.69, 9.17) is 16.3 Å². The van der Waals surface area contributed by atoms with Crippen molar-refractivity contribution in [2.45, 2.75) is 12.5 Å². The lowest BCUT2D eigenvalue weighted by atomic mass is 9.95. The fraction of sp³-hybridized carbons (Fsp3) is 0.381. The molecular weight excluding hydrogens is 408 g/mol. The molecule has 160 valence electrons. The molecule has 1 aromatic carbocycles. The van der Waals surface area contributed by atoms with Crippen LogP contribution in [0.4, 0.5) is 4.79 Å². The highest BCUT2D eigenvalue weighted by molar-refractivity contribution is 6.30. The lowest BCUT2D eigenvalue weighted by molar-refractivity contribution is -0.131. The normalized spacial score (nSPS) is 18.4. The number of nitrogens with zero attached hydrogens (tertiary/aromatic N) is 2. The minimum absolute atomic E-state index is 0.0861. The maximum Gasteiger partial charge on any atom is 0.322 e. The highest BCUT2D eigenvalue weighted by atomic mass is 35.5. The summed E-state index contributed by atoms with van der Waals surface area (Å²) < 4.78 is 4.96. The molecule has 9 heteroatoms. The summed E-state index contributed by atoms with van der Waals surface area (Å²) in [7, 11) is 1.60. The smallest absolute Gasteiger partial charge is 0.322 e. The summed E-state index contributed by atoms with van der Waals surface area (Å²) >= 11 is 6.12. The van der Waals surface area contributed by atoms with Crippen molar-refractivity contribution in [1.29, 1.82) is 0 Å². The molecular formula is C21H25ClN4O4. The molecule has 0 aromatic heterocycles. The molecule has 3 rings (SSSR count). The number of carbonyl (C=O) groups excluding carboxylic acids is 3. The van der Waals surface area contributed by atoms with E-state index < -0.39 is 6.04 Å². The van der Waals surface area contributed by atoms with Crippen LogP contribution in [0.5, 0.6) is 0 Å². The maximum atomic E-state index is 13.2. The summed E-state index contributed by atoms with van der Waals surface area (Å²) in [5.41, 5.74) is 1.74. The molecule has 0 saturated heterocycles. The highest BCUT2D eigenvalue weighted by Gasteiger charge is 2.44. The van der Waals surface area contributed by atoms with Crippen molar-refractivity contribution in [3.63, 3.8) is 0 Å². The SMILES string of the molecule is C=CCN1C(=O)NC(c2cccc(Cl)c2)C2=C1CN(CC(=O)NCCCOC)C2=O. The Morgan fingerprint density at radius 1 is 1.43 bits per heavy atom. The van der Waals surface area contributed by atoms with Gasteiger partial charge in [-0.2, -0.15) is 0 Å². The summed E-state index contributed by atoms with van der Waals surface area (Å²) in [6.45, 7) is 5.06. The van der Waals surface area contributed by atoms with Crippen LogP contribution in [0, 0.1) is 0 Å². The van der Waals surface area contributed by atoms with Gasteiger partial charge in [0.25, 0.3) is 5.91 Å². The van der Waals surface area contributed by atoms with Crippen molar-refractivity contribution in [1.82, 2.24) is 20.4 Å². The molecule has 0 bridgehead atoms. The molecule has 0 radical (unpaired) electrons. The molecule has 0 saturated carbocycles. The zero-order valence-corrected chi connectivity index (χ0v) is 17.6. The average molecular weight is 433 g/mol. The number of methoxy groups -OCH3 is 1. The van der Waals surface area contributed by atoms with Gasteiger partial charge in [0.1, 0.15) is 6.54 Å². The number of benzene rings is 1. The van der Waals surface area contributed by atoms with Crippen molar-refractivity contribution in [2.75, 3.05) is 39.9 Å². The van der Waals surface area contributed by atoms with Crippen molar-refractivity contribution in [3.8, 4) is 0 Å². The molecule has 2 aliphatic rings. The van der Waals surface area contributed by atoms with Gasteiger partial charge in [-0.15, -0.1) is 6.58 Å². The van der Waals surface area contributed by atoms with Crippen LogP contribution in [0.2, 0.25) is 5.02 Å². The largest absolute Gasteiger partial charge is 0.385 e. The Hall–Kier alpha value is -2.84. The van der Waals surface area contributed by atoms with Crippen molar-refractivity contribution >= 4 is 29.4 Å². The Balaban J connectivity index is 1.82. The van der Waals surface area contributed by atoms with Gasteiger partial charge in [0, 0.05) is 31.8 Å². The molecule has 0 fully saturated rings. The second-order valence-electron chi connectivity index (χ2n) is 7.05. The predicted octanol–water partition coefficient (Wildman–Crippen LogP) is 1.84. The minimum atomic E-state index is -0.630. The quantitative estimate of drug-likeness (QED) is 0.460. The first-order chi connectivity index (χ1) is 14.5. The molecule has 1 atom stereocenters. The molecule has 4 amide bonds. The van der Waals surface area contributed by atoms with E-state index in [2.05, 4.69) is 17.2 Å². The van der Waals surface area contributed by atoms with E-state index in [1.807, 2.05) is 6.07 Å². The number of rotatable bonds is 9. The summed E-state index contributed by atoms with van der Waals surface area (Å²) in [4.78, 5) is 41.1. The molecule has 8 nitrogen and oxygen atoms in total. The maximum absolute atomic E-state index is 13.2. The van der Waals surface area contributed by atoms with Gasteiger partial charge >= 0.3 is 6.03 Å². The van der Waals surface area contributed by atoms with Crippen molar-refractivity contribution in [3.05, 3.63) is 58.8 Å². The van der Waals surface area contributed by atoms with Gasteiger partial charge in [0.15, 0.2) is 0 Å². The van der Waals surface area contributed by atoms with E-state index in [-0.39, 0.29) is 37.5 Å². The van der Waals surface area contributed by atoms with Crippen molar-refractivity contribution in [2.24, 2.45) is 0 Å². The van der Waals surface area contributed by atoms with Crippen LogP contribution < -0.4 is 10.6 Å². The fourth-order valence-electron chi connectivity index (χ4n) is 3.61. The van der Waals surface area contributed by atoms with Gasteiger partial charge in [0.05, 0.1) is 23.9 Å². The van der Waals surface area contributed by atoms with E-state index in [1.54, 1.807) is 31.4 Å². The molecule has 0 spiro atoms. The Labute approximate surface area is 180 Å². The Kier molecular flexibility index (Phi) is 7.12. The number of amides is 4. The summed E-state index contributed by atoms with van der Waals surface area (Å²) in [6.07, 6.45) is 2.28. The van der Waals surface area contributed by atoms with Gasteiger partial charge in [-0.1, -0.05) is 29.8 Å². The number of hydrogen-bond donors (Lipinski definition) is 2.